The molecule has 20 heavy (non-hydrogen) atoms. The molecule has 0 bridgehead atoms. The van der Waals surface area contributed by atoms with E-state index in [2.05, 4.69) is 22.0 Å². The lowest BCUT2D eigenvalue weighted by atomic mass is 9.81. The molecule has 1 aliphatic carbocycles. The Morgan fingerprint density at radius 1 is 1.10 bits per heavy atom. The van der Waals surface area contributed by atoms with Crippen molar-refractivity contribution in [3.05, 3.63) is 0 Å². The van der Waals surface area contributed by atoms with Crippen molar-refractivity contribution in [2.75, 3.05) is 39.3 Å². The predicted octanol–water partition coefficient (Wildman–Crippen LogP) is 1.46. The number of piperidine rings is 1. The molecule has 114 valence electrons. The minimum Gasteiger partial charge on any atom is -0.340 e. The Kier molecular flexibility index (Phi) is 4.32. The summed E-state index contributed by atoms with van der Waals surface area (Å²) < 4.78 is 0. The topological polar surface area (TPSA) is 35.6 Å². The molecule has 1 saturated carbocycles. The van der Waals surface area contributed by atoms with E-state index in [1.54, 1.807) is 0 Å². The van der Waals surface area contributed by atoms with Gasteiger partial charge in [0.15, 0.2) is 0 Å². The number of amides is 1. The van der Waals surface area contributed by atoms with Gasteiger partial charge in [0.25, 0.3) is 0 Å². The lowest BCUT2D eigenvalue weighted by Gasteiger charge is -2.42. The molecule has 2 saturated heterocycles. The van der Waals surface area contributed by atoms with Gasteiger partial charge >= 0.3 is 0 Å². The van der Waals surface area contributed by atoms with Crippen molar-refractivity contribution in [2.45, 2.75) is 51.5 Å². The fourth-order valence-electron chi connectivity index (χ4n) is 4.18. The van der Waals surface area contributed by atoms with E-state index in [0.29, 0.717) is 5.91 Å². The molecule has 4 nitrogen and oxygen atoms in total. The molecule has 1 N–H and O–H groups in total. The summed E-state index contributed by atoms with van der Waals surface area (Å²) in [4.78, 5) is 17.5. The lowest BCUT2D eigenvalue weighted by Crippen LogP contribution is -2.56. The number of carbonyl (C=O) groups is 1. The van der Waals surface area contributed by atoms with Crippen molar-refractivity contribution < 1.29 is 4.79 Å². The summed E-state index contributed by atoms with van der Waals surface area (Å²) in [7, 11) is 0. The molecular weight excluding hydrogens is 250 g/mol. The highest BCUT2D eigenvalue weighted by Crippen LogP contribution is 2.29. The normalized spacial score (nSPS) is 33.5. The number of hydrogen-bond acceptors (Lipinski definition) is 3. The first-order chi connectivity index (χ1) is 9.69. The van der Waals surface area contributed by atoms with E-state index in [1.807, 2.05) is 0 Å². The number of nitrogens with zero attached hydrogens (tertiary/aromatic N) is 2. The van der Waals surface area contributed by atoms with E-state index in [9.17, 15) is 4.79 Å². The summed E-state index contributed by atoms with van der Waals surface area (Å²) in [5, 5.41) is 3.39. The summed E-state index contributed by atoms with van der Waals surface area (Å²) in [5.74, 6) is 0.385. The molecule has 1 unspecified atom stereocenters. The first-order valence-electron chi connectivity index (χ1n) is 8.43. The zero-order chi connectivity index (χ0) is 14.0. The third-order valence-electron chi connectivity index (χ3n) is 5.56. The van der Waals surface area contributed by atoms with Gasteiger partial charge in [0.2, 0.25) is 5.91 Å². The van der Waals surface area contributed by atoms with Crippen molar-refractivity contribution in [1.82, 2.24) is 15.1 Å². The quantitative estimate of drug-likeness (QED) is 0.831. The fraction of sp³-hybridized carbons (Fsp3) is 0.938. The number of carbonyl (C=O) groups excluding carboxylic acids is 1. The first-order valence-corrected chi connectivity index (χ1v) is 8.43. The van der Waals surface area contributed by atoms with Crippen molar-refractivity contribution in [1.29, 1.82) is 0 Å². The molecule has 0 aromatic heterocycles. The Hall–Kier alpha value is -0.610. The van der Waals surface area contributed by atoms with Crippen LogP contribution in [0.25, 0.3) is 0 Å². The monoisotopic (exact) mass is 279 g/mol. The second-order valence-electron chi connectivity index (χ2n) is 7.11. The molecule has 0 radical (unpaired) electrons. The number of hydrogen-bond donors (Lipinski definition) is 1. The van der Waals surface area contributed by atoms with Gasteiger partial charge < -0.3 is 10.2 Å². The van der Waals surface area contributed by atoms with E-state index in [0.717, 1.165) is 58.2 Å². The van der Waals surface area contributed by atoms with Crippen LogP contribution in [-0.2, 0) is 4.79 Å². The molecule has 2 aliphatic heterocycles. The van der Waals surface area contributed by atoms with Gasteiger partial charge in [0.05, 0.1) is 5.41 Å². The second-order valence-corrected chi connectivity index (χ2v) is 7.11. The summed E-state index contributed by atoms with van der Waals surface area (Å²) in [6.45, 7) is 8.10. The van der Waals surface area contributed by atoms with Crippen molar-refractivity contribution in [3.8, 4) is 0 Å². The summed E-state index contributed by atoms with van der Waals surface area (Å²) >= 11 is 0. The van der Waals surface area contributed by atoms with Gasteiger partial charge in [-0.05, 0) is 39.2 Å². The molecule has 2 heterocycles. The molecule has 4 heteroatoms. The van der Waals surface area contributed by atoms with Crippen LogP contribution in [-0.4, -0.2) is 61.0 Å². The lowest BCUT2D eigenvalue weighted by molar-refractivity contribution is -0.144. The van der Waals surface area contributed by atoms with Crippen LogP contribution >= 0.6 is 0 Å². The zero-order valence-corrected chi connectivity index (χ0v) is 12.9. The van der Waals surface area contributed by atoms with Gasteiger partial charge in [0, 0.05) is 38.8 Å². The SMILES string of the molecule is CC1(C(=O)N2CCN(C3CCCC3)CC2)CCCNC1. The van der Waals surface area contributed by atoms with E-state index in [1.165, 1.54) is 25.7 Å². The summed E-state index contributed by atoms with van der Waals surface area (Å²) in [5.41, 5.74) is -0.159. The average Bonchev–Trinajstić information content (AvgIpc) is 3.02. The highest BCUT2D eigenvalue weighted by molar-refractivity contribution is 5.82. The molecule has 0 aromatic rings. The Labute approximate surface area is 122 Å². The van der Waals surface area contributed by atoms with E-state index >= 15 is 0 Å². The average molecular weight is 279 g/mol. The minimum atomic E-state index is -0.159. The molecule has 3 aliphatic rings. The largest absolute Gasteiger partial charge is 0.340 e. The number of nitrogens with one attached hydrogen (secondary N) is 1. The van der Waals surface area contributed by atoms with Crippen LogP contribution in [0.2, 0.25) is 0 Å². The van der Waals surface area contributed by atoms with Gasteiger partial charge in [0.1, 0.15) is 0 Å². The number of rotatable bonds is 2. The van der Waals surface area contributed by atoms with E-state index in [4.69, 9.17) is 0 Å². The minimum absolute atomic E-state index is 0.159. The Morgan fingerprint density at radius 3 is 2.40 bits per heavy atom. The molecule has 3 fully saturated rings. The molecule has 1 amide bonds. The van der Waals surface area contributed by atoms with Gasteiger partial charge in [-0.3, -0.25) is 9.69 Å². The van der Waals surface area contributed by atoms with Crippen molar-refractivity contribution in [2.24, 2.45) is 5.41 Å². The summed E-state index contributed by atoms with van der Waals surface area (Å²) in [6.07, 6.45) is 7.71. The summed E-state index contributed by atoms with van der Waals surface area (Å²) in [6, 6.07) is 0.805. The van der Waals surface area contributed by atoms with E-state index < -0.39 is 0 Å². The highest BCUT2D eigenvalue weighted by Gasteiger charge is 2.39. The molecule has 0 spiro atoms. The van der Waals surface area contributed by atoms with Crippen molar-refractivity contribution >= 4 is 5.91 Å². The Bertz CT molecular complexity index is 338. The fourth-order valence-corrected chi connectivity index (χ4v) is 4.18. The molecule has 1 atom stereocenters. The number of piperazine rings is 1. The molecule has 3 rings (SSSR count). The smallest absolute Gasteiger partial charge is 0.229 e. The maximum absolute atomic E-state index is 12.8. The van der Waals surface area contributed by atoms with E-state index in [-0.39, 0.29) is 5.41 Å². The van der Waals surface area contributed by atoms with Gasteiger partial charge in [-0.2, -0.15) is 0 Å². The van der Waals surface area contributed by atoms with Crippen LogP contribution < -0.4 is 5.32 Å². The Morgan fingerprint density at radius 2 is 1.80 bits per heavy atom. The maximum atomic E-state index is 12.8. The van der Waals surface area contributed by atoms with Crippen LogP contribution in [0.1, 0.15) is 45.4 Å². The van der Waals surface area contributed by atoms with Crippen LogP contribution in [0.15, 0.2) is 0 Å². The van der Waals surface area contributed by atoms with Crippen molar-refractivity contribution in [3.63, 3.8) is 0 Å². The standard InChI is InChI=1S/C16H29N3O/c1-16(7-4-8-17-13-16)15(20)19-11-9-18(10-12-19)14-5-2-3-6-14/h14,17H,2-13H2,1H3. The van der Waals surface area contributed by atoms with Gasteiger partial charge in [-0.1, -0.05) is 12.8 Å². The van der Waals surface area contributed by atoms with Gasteiger partial charge in [-0.25, -0.2) is 0 Å². The predicted molar refractivity (Wildman–Crippen MR) is 80.6 cm³/mol. The van der Waals surface area contributed by atoms with Crippen LogP contribution in [0.4, 0.5) is 0 Å². The third-order valence-corrected chi connectivity index (χ3v) is 5.56. The van der Waals surface area contributed by atoms with Gasteiger partial charge in [-0.15, -0.1) is 0 Å². The van der Waals surface area contributed by atoms with Crippen LogP contribution in [0, 0.1) is 5.41 Å². The zero-order valence-electron chi connectivity index (χ0n) is 12.9. The molecular formula is C16H29N3O. The first kappa shape index (κ1) is 14.3. The van der Waals surface area contributed by atoms with Crippen LogP contribution in [0.5, 0.6) is 0 Å². The highest BCUT2D eigenvalue weighted by atomic mass is 16.2. The second kappa shape index (κ2) is 6.02. The third kappa shape index (κ3) is 2.86. The van der Waals surface area contributed by atoms with Crippen LogP contribution in [0.3, 0.4) is 0 Å². The Balaban J connectivity index is 1.53. The molecule has 0 aromatic carbocycles. The maximum Gasteiger partial charge on any atom is 0.229 e.